The third-order valence-corrected chi connectivity index (χ3v) is 4.59. The molecule has 0 radical (unpaired) electrons. The number of rotatable bonds is 7. The number of alkyl halides is 2. The summed E-state index contributed by atoms with van der Waals surface area (Å²) in [6.07, 6.45) is 0.280. The minimum absolute atomic E-state index is 0.156. The lowest BCUT2D eigenvalue weighted by Crippen LogP contribution is -2.56. The fraction of sp³-hybridized carbons (Fsp3) is 0.538. The first-order valence-corrected chi connectivity index (χ1v) is 9.21. The van der Waals surface area contributed by atoms with Gasteiger partial charge in [-0.05, 0) is 12.1 Å². The summed E-state index contributed by atoms with van der Waals surface area (Å²) in [4.78, 5) is 30.0. The third-order valence-electron chi connectivity index (χ3n) is 4.24. The van der Waals surface area contributed by atoms with Gasteiger partial charge < -0.3 is 15.1 Å². The molecule has 15 heteroatoms. The lowest BCUT2D eigenvalue weighted by Gasteiger charge is -2.34. The highest BCUT2D eigenvalue weighted by Crippen LogP contribution is 2.41. The zero-order valence-electron chi connectivity index (χ0n) is 14.0. The van der Waals surface area contributed by atoms with Crippen LogP contribution in [0.3, 0.4) is 0 Å². The van der Waals surface area contributed by atoms with E-state index in [1.165, 1.54) is 6.26 Å². The highest BCUT2D eigenvalue weighted by molar-refractivity contribution is 7.80. The van der Waals surface area contributed by atoms with E-state index in [0.29, 0.717) is 10.7 Å². The molecule has 0 aliphatic carbocycles. The number of nitrogens with one attached hydrogen (secondary N) is 1. The van der Waals surface area contributed by atoms with Crippen LogP contribution in [-0.2, 0) is 24.3 Å². The van der Waals surface area contributed by atoms with Gasteiger partial charge in [-0.25, -0.2) is 19.1 Å². The molecule has 3 amide bonds. The van der Waals surface area contributed by atoms with E-state index in [0.717, 1.165) is 0 Å². The SMILES string of the molecule is NC(CONC(=O)C1CC(F)(F)C2CN1C(=O)N2OS(=O)(=O)O)c1ccco1. The molecule has 2 aliphatic heterocycles. The first kappa shape index (κ1) is 20.4. The van der Waals surface area contributed by atoms with Gasteiger partial charge in [0.1, 0.15) is 17.8 Å². The van der Waals surface area contributed by atoms with Crippen LogP contribution in [-0.4, -0.2) is 66.0 Å². The summed E-state index contributed by atoms with van der Waals surface area (Å²) in [5.74, 6) is -4.36. The van der Waals surface area contributed by atoms with E-state index in [1.54, 1.807) is 12.1 Å². The molecule has 4 N–H and O–H groups in total. The average molecular weight is 426 g/mol. The zero-order valence-corrected chi connectivity index (χ0v) is 14.8. The summed E-state index contributed by atoms with van der Waals surface area (Å²) < 4.78 is 67.9. The van der Waals surface area contributed by atoms with Gasteiger partial charge in [0.15, 0.2) is 0 Å². The highest BCUT2D eigenvalue weighted by Gasteiger charge is 2.62. The van der Waals surface area contributed by atoms with Crippen molar-refractivity contribution in [1.29, 1.82) is 0 Å². The third kappa shape index (κ3) is 4.07. The monoisotopic (exact) mass is 426 g/mol. The first-order valence-electron chi connectivity index (χ1n) is 7.85. The maximum Gasteiger partial charge on any atom is 0.418 e. The summed E-state index contributed by atoms with van der Waals surface area (Å²) >= 11 is 0. The van der Waals surface area contributed by atoms with Crippen LogP contribution in [0.5, 0.6) is 0 Å². The lowest BCUT2D eigenvalue weighted by atomic mass is 9.96. The topological polar surface area (TPSA) is 165 Å². The number of hydrogen-bond acceptors (Lipinski definition) is 8. The number of amides is 3. The van der Waals surface area contributed by atoms with E-state index in [9.17, 15) is 26.8 Å². The van der Waals surface area contributed by atoms with Crippen molar-refractivity contribution < 1.29 is 44.9 Å². The predicted octanol–water partition coefficient (Wildman–Crippen LogP) is -0.425. The highest BCUT2D eigenvalue weighted by atomic mass is 32.3. The second kappa shape index (κ2) is 7.25. The van der Waals surface area contributed by atoms with Crippen LogP contribution in [0.1, 0.15) is 18.2 Å². The van der Waals surface area contributed by atoms with Crippen LogP contribution < -0.4 is 11.2 Å². The standard InChI is InChI=1S/C13H16F2N4O8S/c14-13(15)4-8(11(20)17-26-6-7(16)9-2-1-3-25-9)18-5-10(13)19(12(18)21)27-28(22,23)24/h1-3,7-8,10H,4-6,16H2,(H,17,20)(H,22,23,24). The van der Waals surface area contributed by atoms with E-state index in [4.69, 9.17) is 19.5 Å². The molecule has 2 saturated heterocycles. The van der Waals surface area contributed by atoms with Gasteiger partial charge in [-0.2, -0.15) is 13.5 Å². The summed E-state index contributed by atoms with van der Waals surface area (Å²) in [5.41, 5.74) is 7.68. The van der Waals surface area contributed by atoms with Crippen molar-refractivity contribution >= 4 is 22.3 Å². The van der Waals surface area contributed by atoms with Gasteiger partial charge in [0, 0.05) is 6.42 Å². The maximum atomic E-state index is 14.3. The van der Waals surface area contributed by atoms with Crippen LogP contribution in [0, 0.1) is 0 Å². The number of furan rings is 1. The van der Waals surface area contributed by atoms with Gasteiger partial charge >= 0.3 is 16.4 Å². The van der Waals surface area contributed by atoms with E-state index < -0.39 is 59.4 Å². The molecule has 0 saturated carbocycles. The Bertz CT molecular complexity index is 849. The molecule has 1 aromatic heterocycles. The van der Waals surface area contributed by atoms with Crippen molar-refractivity contribution in [2.24, 2.45) is 5.73 Å². The molecule has 156 valence electrons. The summed E-state index contributed by atoms with van der Waals surface area (Å²) in [7, 11) is -5.22. The maximum absolute atomic E-state index is 14.3. The molecule has 3 heterocycles. The molecule has 3 rings (SSSR count). The molecule has 0 aromatic carbocycles. The molecule has 12 nitrogen and oxygen atoms in total. The zero-order chi connectivity index (χ0) is 20.7. The number of nitrogens with zero attached hydrogens (tertiary/aromatic N) is 2. The van der Waals surface area contributed by atoms with Gasteiger partial charge in [0.25, 0.3) is 11.8 Å². The van der Waals surface area contributed by atoms with Crippen molar-refractivity contribution in [3.8, 4) is 0 Å². The van der Waals surface area contributed by atoms with Crippen molar-refractivity contribution in [3.05, 3.63) is 24.2 Å². The number of urea groups is 1. The Labute approximate surface area is 157 Å². The van der Waals surface area contributed by atoms with Crippen molar-refractivity contribution in [3.63, 3.8) is 0 Å². The fourth-order valence-electron chi connectivity index (χ4n) is 2.94. The van der Waals surface area contributed by atoms with Gasteiger partial charge in [-0.1, -0.05) is 0 Å². The van der Waals surface area contributed by atoms with E-state index in [1.807, 2.05) is 5.48 Å². The van der Waals surface area contributed by atoms with E-state index >= 15 is 0 Å². The van der Waals surface area contributed by atoms with Crippen LogP contribution in [0.25, 0.3) is 0 Å². The Morgan fingerprint density at radius 2 is 2.25 bits per heavy atom. The normalized spacial score (nSPS) is 25.1. The molecular weight excluding hydrogens is 410 g/mol. The summed E-state index contributed by atoms with van der Waals surface area (Å²) in [5, 5.41) is -0.156. The molecule has 3 unspecified atom stereocenters. The molecule has 3 atom stereocenters. The Kier molecular flexibility index (Phi) is 5.28. The second-order valence-electron chi connectivity index (χ2n) is 6.16. The number of nitrogens with two attached hydrogens (primary N) is 1. The second-order valence-corrected chi connectivity index (χ2v) is 7.16. The summed E-state index contributed by atoms with van der Waals surface area (Å²) in [6, 6.07) is -2.53. The van der Waals surface area contributed by atoms with Crippen molar-refractivity contribution in [2.75, 3.05) is 13.2 Å². The Morgan fingerprint density at radius 3 is 2.86 bits per heavy atom. The van der Waals surface area contributed by atoms with Crippen LogP contribution in [0.15, 0.2) is 22.8 Å². The Morgan fingerprint density at radius 1 is 1.54 bits per heavy atom. The van der Waals surface area contributed by atoms with Gasteiger partial charge in [-0.15, -0.1) is 4.28 Å². The van der Waals surface area contributed by atoms with Gasteiger partial charge in [0.05, 0.1) is 25.5 Å². The Balaban J connectivity index is 1.64. The minimum Gasteiger partial charge on any atom is -0.468 e. The molecule has 2 aliphatic rings. The minimum atomic E-state index is -5.22. The predicted molar refractivity (Wildman–Crippen MR) is 83.4 cm³/mol. The number of carbonyl (C=O) groups is 2. The van der Waals surface area contributed by atoms with Crippen LogP contribution >= 0.6 is 0 Å². The van der Waals surface area contributed by atoms with Gasteiger partial charge in [-0.3, -0.25) is 14.2 Å². The number of piperidine rings is 1. The van der Waals surface area contributed by atoms with Crippen molar-refractivity contribution in [1.82, 2.24) is 15.4 Å². The quantitative estimate of drug-likeness (QED) is 0.388. The molecule has 28 heavy (non-hydrogen) atoms. The smallest absolute Gasteiger partial charge is 0.418 e. The number of halogens is 2. The molecule has 2 bridgehead atoms. The van der Waals surface area contributed by atoms with E-state index in [2.05, 4.69) is 4.28 Å². The molecule has 2 fully saturated rings. The molecule has 0 spiro atoms. The molecule has 1 aromatic rings. The van der Waals surface area contributed by atoms with Crippen molar-refractivity contribution in [2.45, 2.75) is 30.5 Å². The fourth-order valence-corrected chi connectivity index (χ4v) is 3.31. The number of carbonyl (C=O) groups excluding carboxylic acids is 2. The van der Waals surface area contributed by atoms with Gasteiger partial charge in [0.2, 0.25) is 0 Å². The number of hydrogen-bond donors (Lipinski definition) is 3. The van der Waals surface area contributed by atoms with Crippen LogP contribution in [0.4, 0.5) is 13.6 Å². The lowest BCUT2D eigenvalue weighted by molar-refractivity contribution is -0.159. The summed E-state index contributed by atoms with van der Waals surface area (Å²) in [6.45, 7) is -0.928. The van der Waals surface area contributed by atoms with E-state index in [-0.39, 0.29) is 11.7 Å². The first-order chi connectivity index (χ1) is 13.0. The average Bonchev–Trinajstić information content (AvgIpc) is 3.20. The largest absolute Gasteiger partial charge is 0.468 e. The molecular formula is C13H16F2N4O8S. The number of hydroxylamine groups is 3. The number of fused-ring (bicyclic) bond motifs is 2. The Hall–Kier alpha value is -2.33. The van der Waals surface area contributed by atoms with Crippen LogP contribution in [0.2, 0.25) is 0 Å².